The largest absolute Gasteiger partial charge is 0.366 e. The second-order valence-electron chi connectivity index (χ2n) is 3.59. The third-order valence-electron chi connectivity index (χ3n) is 2.30. The van der Waals surface area contributed by atoms with E-state index in [0.717, 1.165) is 0 Å². The van der Waals surface area contributed by atoms with Gasteiger partial charge < -0.3 is 5.32 Å². The predicted molar refractivity (Wildman–Crippen MR) is 54.9 cm³/mol. The van der Waals surface area contributed by atoms with Crippen molar-refractivity contribution < 1.29 is 12.8 Å². The molecule has 0 aliphatic carbocycles. The summed E-state index contributed by atoms with van der Waals surface area (Å²) < 4.78 is 35.1. The highest BCUT2D eigenvalue weighted by Crippen LogP contribution is 2.16. The van der Waals surface area contributed by atoms with Crippen LogP contribution in [0.1, 0.15) is 6.42 Å². The van der Waals surface area contributed by atoms with Gasteiger partial charge in [-0.1, -0.05) is 6.07 Å². The van der Waals surface area contributed by atoms with Gasteiger partial charge >= 0.3 is 0 Å². The van der Waals surface area contributed by atoms with Gasteiger partial charge in [-0.05, 0) is 18.6 Å². The molecule has 2 heterocycles. The maximum atomic E-state index is 12.7. The minimum Gasteiger partial charge on any atom is -0.366 e. The molecule has 4 nitrogen and oxygen atoms in total. The lowest BCUT2D eigenvalue weighted by molar-refractivity contribution is 0.584. The molecule has 0 amide bonds. The molecule has 15 heavy (non-hydrogen) atoms. The number of nitrogens with one attached hydrogen (secondary N) is 1. The molecule has 1 unspecified atom stereocenters. The van der Waals surface area contributed by atoms with E-state index < -0.39 is 15.8 Å². The summed E-state index contributed by atoms with van der Waals surface area (Å²) in [5.74, 6) is 0.114. The van der Waals surface area contributed by atoms with Crippen LogP contribution < -0.4 is 5.32 Å². The van der Waals surface area contributed by atoms with Crippen molar-refractivity contribution in [2.75, 3.05) is 16.8 Å². The highest BCUT2D eigenvalue weighted by molar-refractivity contribution is 7.91. The fourth-order valence-electron chi connectivity index (χ4n) is 1.61. The van der Waals surface area contributed by atoms with Gasteiger partial charge in [0.2, 0.25) is 5.95 Å². The molecule has 0 spiro atoms. The topological polar surface area (TPSA) is 59.1 Å². The third-order valence-corrected chi connectivity index (χ3v) is 4.07. The molecule has 1 atom stereocenters. The van der Waals surface area contributed by atoms with Crippen LogP contribution in [0.4, 0.5) is 10.2 Å². The van der Waals surface area contributed by atoms with Crippen LogP contribution in [0.5, 0.6) is 0 Å². The molecule has 0 saturated carbocycles. The predicted octanol–water partition coefficient (Wildman–Crippen LogP) is 0.820. The van der Waals surface area contributed by atoms with Gasteiger partial charge in [0.25, 0.3) is 0 Å². The lowest BCUT2D eigenvalue weighted by Crippen LogP contribution is -2.21. The van der Waals surface area contributed by atoms with E-state index in [9.17, 15) is 12.8 Å². The molecule has 1 saturated heterocycles. The first-order valence-electron chi connectivity index (χ1n) is 4.65. The molecular weight excluding hydrogens is 219 g/mol. The molecule has 2 rings (SSSR count). The third kappa shape index (κ3) is 2.65. The zero-order valence-electron chi connectivity index (χ0n) is 7.98. The van der Waals surface area contributed by atoms with Crippen molar-refractivity contribution in [3.05, 3.63) is 24.1 Å². The number of hydrogen-bond donors (Lipinski definition) is 1. The van der Waals surface area contributed by atoms with Gasteiger partial charge in [0, 0.05) is 6.04 Å². The van der Waals surface area contributed by atoms with Crippen LogP contribution in [-0.4, -0.2) is 30.9 Å². The van der Waals surface area contributed by atoms with Crippen molar-refractivity contribution in [1.29, 1.82) is 0 Å². The van der Waals surface area contributed by atoms with Crippen molar-refractivity contribution in [3.63, 3.8) is 0 Å². The minimum absolute atomic E-state index is 0.102. The number of sulfone groups is 1. The Morgan fingerprint density at radius 3 is 2.87 bits per heavy atom. The summed E-state index contributed by atoms with van der Waals surface area (Å²) in [6.45, 7) is 0. The van der Waals surface area contributed by atoms with E-state index in [4.69, 9.17) is 0 Å². The lowest BCUT2D eigenvalue weighted by Gasteiger charge is -2.10. The van der Waals surface area contributed by atoms with Crippen LogP contribution in [0.25, 0.3) is 0 Å². The van der Waals surface area contributed by atoms with Gasteiger partial charge in [-0.25, -0.2) is 13.4 Å². The number of nitrogens with zero attached hydrogens (tertiary/aromatic N) is 1. The van der Waals surface area contributed by atoms with Crippen LogP contribution in [-0.2, 0) is 9.84 Å². The van der Waals surface area contributed by atoms with E-state index in [2.05, 4.69) is 10.3 Å². The highest BCUT2D eigenvalue weighted by Gasteiger charge is 2.27. The number of pyridine rings is 1. The molecule has 1 aliphatic heterocycles. The van der Waals surface area contributed by atoms with Gasteiger partial charge in [-0.15, -0.1) is 0 Å². The van der Waals surface area contributed by atoms with Crippen LogP contribution in [0, 0.1) is 5.95 Å². The summed E-state index contributed by atoms with van der Waals surface area (Å²) in [6, 6.07) is 4.25. The Morgan fingerprint density at radius 1 is 1.47 bits per heavy atom. The normalized spacial score (nSPS) is 23.9. The Labute approximate surface area is 87.4 Å². The Hall–Kier alpha value is -1.17. The minimum atomic E-state index is -2.91. The Morgan fingerprint density at radius 2 is 2.27 bits per heavy atom. The summed E-state index contributed by atoms with van der Waals surface area (Å²) in [7, 11) is -2.91. The van der Waals surface area contributed by atoms with Crippen molar-refractivity contribution in [1.82, 2.24) is 4.98 Å². The standard InChI is InChI=1S/C9H11FN2O2S/c10-8-2-1-3-9(12-8)11-7-4-5-15(13,14)6-7/h1-3,7H,4-6H2,(H,11,12). The monoisotopic (exact) mass is 230 g/mol. The van der Waals surface area contributed by atoms with Crippen LogP contribution >= 0.6 is 0 Å². The van der Waals surface area contributed by atoms with Gasteiger partial charge in [0.15, 0.2) is 9.84 Å². The molecule has 0 bridgehead atoms. The van der Waals surface area contributed by atoms with Crippen LogP contribution in [0.2, 0.25) is 0 Å². The van der Waals surface area contributed by atoms with Crippen molar-refractivity contribution in [2.24, 2.45) is 0 Å². The second kappa shape index (κ2) is 3.77. The van der Waals surface area contributed by atoms with E-state index in [-0.39, 0.29) is 17.5 Å². The lowest BCUT2D eigenvalue weighted by atomic mass is 10.2. The first-order chi connectivity index (χ1) is 7.05. The first kappa shape index (κ1) is 10.4. The van der Waals surface area contributed by atoms with E-state index >= 15 is 0 Å². The van der Waals surface area contributed by atoms with E-state index in [1.165, 1.54) is 12.1 Å². The van der Waals surface area contributed by atoms with Gasteiger partial charge in [-0.3, -0.25) is 0 Å². The zero-order chi connectivity index (χ0) is 10.9. The number of aromatic nitrogens is 1. The molecule has 82 valence electrons. The first-order valence-corrected chi connectivity index (χ1v) is 6.47. The Bertz CT molecular complexity index is 461. The number of halogens is 1. The average Bonchev–Trinajstić information content (AvgIpc) is 2.45. The Kier molecular flexibility index (Phi) is 2.60. The molecule has 0 radical (unpaired) electrons. The summed E-state index contributed by atoms with van der Waals surface area (Å²) in [5, 5.41) is 2.91. The van der Waals surface area contributed by atoms with Crippen molar-refractivity contribution in [2.45, 2.75) is 12.5 Å². The fourth-order valence-corrected chi connectivity index (χ4v) is 3.28. The average molecular weight is 230 g/mol. The SMILES string of the molecule is O=S1(=O)CCC(Nc2cccc(F)n2)C1. The quantitative estimate of drug-likeness (QED) is 0.764. The maximum absolute atomic E-state index is 12.7. The summed E-state index contributed by atoms with van der Waals surface area (Å²) >= 11 is 0. The molecule has 1 N–H and O–H groups in total. The van der Waals surface area contributed by atoms with Gasteiger partial charge in [0.05, 0.1) is 11.5 Å². The van der Waals surface area contributed by atoms with E-state index in [1.807, 2.05) is 0 Å². The van der Waals surface area contributed by atoms with Crippen LogP contribution in [0.3, 0.4) is 0 Å². The maximum Gasteiger partial charge on any atom is 0.214 e. The summed E-state index contributed by atoms with van der Waals surface area (Å²) in [5.41, 5.74) is 0. The van der Waals surface area contributed by atoms with Crippen molar-refractivity contribution >= 4 is 15.7 Å². The smallest absolute Gasteiger partial charge is 0.214 e. The number of rotatable bonds is 2. The van der Waals surface area contributed by atoms with Gasteiger partial charge in [0.1, 0.15) is 5.82 Å². The summed E-state index contributed by atoms with van der Waals surface area (Å²) in [4.78, 5) is 3.61. The second-order valence-corrected chi connectivity index (χ2v) is 5.82. The number of hydrogen-bond acceptors (Lipinski definition) is 4. The molecule has 6 heteroatoms. The molecule has 1 aliphatic rings. The van der Waals surface area contributed by atoms with E-state index in [0.29, 0.717) is 12.2 Å². The molecule has 1 aromatic heterocycles. The molecule has 1 fully saturated rings. The van der Waals surface area contributed by atoms with Crippen molar-refractivity contribution in [3.8, 4) is 0 Å². The zero-order valence-corrected chi connectivity index (χ0v) is 8.80. The number of anilines is 1. The Balaban J connectivity index is 2.05. The highest BCUT2D eigenvalue weighted by atomic mass is 32.2. The van der Waals surface area contributed by atoms with Crippen LogP contribution in [0.15, 0.2) is 18.2 Å². The fraction of sp³-hybridized carbons (Fsp3) is 0.444. The molecular formula is C9H11FN2O2S. The van der Waals surface area contributed by atoms with E-state index in [1.54, 1.807) is 6.07 Å². The van der Waals surface area contributed by atoms with Gasteiger partial charge in [-0.2, -0.15) is 4.39 Å². The summed E-state index contributed by atoms with van der Waals surface area (Å²) in [6.07, 6.45) is 0.556. The molecule has 1 aromatic rings. The molecule has 0 aromatic carbocycles.